The van der Waals surface area contributed by atoms with E-state index in [0.717, 1.165) is 6.07 Å². The van der Waals surface area contributed by atoms with Gasteiger partial charge in [0.1, 0.15) is 17.3 Å². The summed E-state index contributed by atoms with van der Waals surface area (Å²) in [5.41, 5.74) is 0.282. The lowest BCUT2D eigenvalue weighted by atomic mass is 10.1. The number of rotatable bonds is 4. The standard InChI is InChI=1S/C22H15F2N5O3/c1-10-14(23)7-17-19(27-10)18(13-3-2-4-25-21(13)30)20(22(31)32)29(17)9-12-5-11-8-26-28-16(11)6-15(12)24/h2-8H,9H2,1H3,(H,25,30)(H,26,28)(H,31,32). The van der Waals surface area contributed by atoms with Gasteiger partial charge in [-0.1, -0.05) is 0 Å². The number of carboxylic acid groups (broad SMARTS) is 1. The Bertz CT molecular complexity index is 1600. The molecule has 0 fully saturated rings. The maximum atomic E-state index is 14.8. The van der Waals surface area contributed by atoms with E-state index in [1.165, 1.54) is 36.0 Å². The molecule has 0 amide bonds. The van der Waals surface area contributed by atoms with Crippen molar-refractivity contribution in [3.63, 3.8) is 0 Å². The Morgan fingerprint density at radius 2 is 2.03 bits per heavy atom. The highest BCUT2D eigenvalue weighted by Crippen LogP contribution is 2.34. The molecular formula is C22H15F2N5O3. The van der Waals surface area contributed by atoms with Crippen molar-refractivity contribution in [3.8, 4) is 11.1 Å². The average Bonchev–Trinajstić information content (AvgIpc) is 3.31. The van der Waals surface area contributed by atoms with Crippen LogP contribution in [0.15, 0.2) is 47.5 Å². The molecule has 0 spiro atoms. The van der Waals surface area contributed by atoms with Gasteiger partial charge in [0.05, 0.1) is 40.5 Å². The maximum Gasteiger partial charge on any atom is 0.353 e. The van der Waals surface area contributed by atoms with Crippen LogP contribution in [0.1, 0.15) is 21.7 Å². The Morgan fingerprint density at radius 1 is 1.22 bits per heavy atom. The Morgan fingerprint density at radius 3 is 2.78 bits per heavy atom. The normalized spacial score (nSPS) is 11.5. The summed E-state index contributed by atoms with van der Waals surface area (Å²) in [5, 5.41) is 17.2. The van der Waals surface area contributed by atoms with E-state index in [9.17, 15) is 23.5 Å². The molecule has 4 aromatic heterocycles. The predicted molar refractivity (Wildman–Crippen MR) is 113 cm³/mol. The molecule has 8 nitrogen and oxygen atoms in total. The number of carboxylic acids is 1. The van der Waals surface area contributed by atoms with Crippen molar-refractivity contribution >= 4 is 27.9 Å². The van der Waals surface area contributed by atoms with Crippen LogP contribution in [0.2, 0.25) is 0 Å². The van der Waals surface area contributed by atoms with Gasteiger partial charge in [-0.05, 0) is 31.2 Å². The summed E-state index contributed by atoms with van der Waals surface area (Å²) in [4.78, 5) is 31.6. The lowest BCUT2D eigenvalue weighted by Crippen LogP contribution is -2.14. The summed E-state index contributed by atoms with van der Waals surface area (Å²) < 4.78 is 30.5. The van der Waals surface area contributed by atoms with Crippen molar-refractivity contribution in [1.29, 1.82) is 0 Å². The Labute approximate surface area is 178 Å². The van der Waals surface area contributed by atoms with Crippen molar-refractivity contribution in [3.05, 3.63) is 81.7 Å². The first-order chi connectivity index (χ1) is 15.3. The first-order valence-corrected chi connectivity index (χ1v) is 9.57. The molecule has 3 N–H and O–H groups in total. The van der Waals surface area contributed by atoms with Crippen LogP contribution in [-0.4, -0.2) is 35.8 Å². The Kier molecular flexibility index (Phi) is 4.36. The first kappa shape index (κ1) is 19.6. The lowest BCUT2D eigenvalue weighted by Gasteiger charge is -2.10. The van der Waals surface area contributed by atoms with E-state index in [4.69, 9.17) is 0 Å². The number of nitrogens with one attached hydrogen (secondary N) is 2. The van der Waals surface area contributed by atoms with E-state index >= 15 is 0 Å². The molecule has 0 bridgehead atoms. The van der Waals surface area contributed by atoms with Crippen LogP contribution in [-0.2, 0) is 6.54 Å². The zero-order valence-corrected chi connectivity index (χ0v) is 16.6. The van der Waals surface area contributed by atoms with E-state index in [2.05, 4.69) is 20.2 Å². The van der Waals surface area contributed by atoms with Crippen molar-refractivity contribution in [2.45, 2.75) is 13.5 Å². The number of carbonyl (C=O) groups is 1. The molecular weight excluding hydrogens is 420 g/mol. The highest BCUT2D eigenvalue weighted by Gasteiger charge is 2.27. The van der Waals surface area contributed by atoms with Crippen LogP contribution in [0, 0.1) is 18.6 Å². The van der Waals surface area contributed by atoms with Crippen LogP contribution in [0.5, 0.6) is 0 Å². The topological polar surface area (TPSA) is 117 Å². The van der Waals surface area contributed by atoms with Crippen molar-refractivity contribution in [2.75, 3.05) is 0 Å². The number of H-pyrrole nitrogens is 2. The smallest absolute Gasteiger partial charge is 0.353 e. The summed E-state index contributed by atoms with van der Waals surface area (Å²) in [6.45, 7) is 1.22. The number of aromatic carboxylic acids is 1. The van der Waals surface area contributed by atoms with Crippen molar-refractivity contribution in [1.82, 2.24) is 24.7 Å². The minimum absolute atomic E-state index is 0.0437. The molecule has 0 aliphatic rings. The summed E-state index contributed by atoms with van der Waals surface area (Å²) in [6, 6.07) is 6.96. The van der Waals surface area contributed by atoms with Crippen LogP contribution in [0.4, 0.5) is 8.78 Å². The molecule has 4 heterocycles. The van der Waals surface area contributed by atoms with Crippen molar-refractivity contribution < 1.29 is 18.7 Å². The first-order valence-electron chi connectivity index (χ1n) is 9.57. The molecule has 5 aromatic rings. The van der Waals surface area contributed by atoms with Crippen LogP contribution in [0.25, 0.3) is 33.1 Å². The summed E-state index contributed by atoms with van der Waals surface area (Å²) in [6.07, 6.45) is 2.93. The molecule has 0 aliphatic heterocycles. The third-order valence-electron chi connectivity index (χ3n) is 5.39. The van der Waals surface area contributed by atoms with Crippen LogP contribution >= 0.6 is 0 Å². The summed E-state index contributed by atoms with van der Waals surface area (Å²) >= 11 is 0. The minimum Gasteiger partial charge on any atom is -0.477 e. The van der Waals surface area contributed by atoms with Gasteiger partial charge in [-0.15, -0.1) is 0 Å². The van der Waals surface area contributed by atoms with Crippen LogP contribution in [0.3, 0.4) is 0 Å². The monoisotopic (exact) mass is 435 g/mol. The fraction of sp³-hybridized carbons (Fsp3) is 0.0909. The number of benzene rings is 1. The Balaban J connectivity index is 1.85. The van der Waals surface area contributed by atoms with E-state index in [0.29, 0.717) is 10.9 Å². The molecule has 10 heteroatoms. The van der Waals surface area contributed by atoms with Gasteiger partial charge in [-0.2, -0.15) is 5.10 Å². The fourth-order valence-corrected chi connectivity index (χ4v) is 3.89. The molecule has 160 valence electrons. The Hall–Kier alpha value is -4.34. The number of hydrogen-bond acceptors (Lipinski definition) is 4. The highest BCUT2D eigenvalue weighted by molar-refractivity contribution is 6.06. The third kappa shape index (κ3) is 2.96. The SMILES string of the molecule is Cc1nc2c(-c3ccc[nH]c3=O)c(C(=O)O)n(Cc3cc4cn[nH]c4cc3F)c2cc1F. The number of aromatic amines is 2. The van der Waals surface area contributed by atoms with Gasteiger partial charge in [0.25, 0.3) is 5.56 Å². The third-order valence-corrected chi connectivity index (χ3v) is 5.39. The second kappa shape index (κ2) is 7.12. The molecule has 0 radical (unpaired) electrons. The second-order valence-electron chi connectivity index (χ2n) is 7.35. The zero-order chi connectivity index (χ0) is 22.6. The number of aryl methyl sites for hydroxylation is 1. The molecule has 0 saturated heterocycles. The summed E-state index contributed by atoms with van der Waals surface area (Å²) in [7, 11) is 0. The number of halogens is 2. The number of aromatic nitrogens is 5. The van der Waals surface area contributed by atoms with Crippen LogP contribution < -0.4 is 5.56 Å². The molecule has 1 aromatic carbocycles. The van der Waals surface area contributed by atoms with E-state index in [1.807, 2.05) is 0 Å². The van der Waals surface area contributed by atoms with E-state index in [1.54, 1.807) is 12.1 Å². The van der Waals surface area contributed by atoms with Gasteiger partial charge in [-0.25, -0.2) is 18.6 Å². The van der Waals surface area contributed by atoms with E-state index in [-0.39, 0.29) is 45.7 Å². The molecule has 0 saturated carbocycles. The maximum absolute atomic E-state index is 14.8. The fourth-order valence-electron chi connectivity index (χ4n) is 3.89. The quantitative estimate of drug-likeness (QED) is 0.399. The lowest BCUT2D eigenvalue weighted by molar-refractivity contribution is 0.0687. The number of pyridine rings is 2. The molecule has 0 unspecified atom stereocenters. The van der Waals surface area contributed by atoms with Gasteiger partial charge >= 0.3 is 5.97 Å². The molecule has 0 aliphatic carbocycles. The molecule has 0 atom stereocenters. The van der Waals surface area contributed by atoms with Gasteiger partial charge in [0.2, 0.25) is 0 Å². The summed E-state index contributed by atoms with van der Waals surface area (Å²) in [5.74, 6) is -2.59. The van der Waals surface area contributed by atoms with Gasteiger partial charge in [-0.3, -0.25) is 9.89 Å². The average molecular weight is 435 g/mol. The van der Waals surface area contributed by atoms with Crippen molar-refractivity contribution in [2.24, 2.45) is 0 Å². The number of nitrogens with zero attached hydrogens (tertiary/aromatic N) is 3. The van der Waals surface area contributed by atoms with E-state index < -0.39 is 23.2 Å². The predicted octanol–water partition coefficient (Wildman–Crippen LogP) is 3.60. The zero-order valence-electron chi connectivity index (χ0n) is 16.6. The highest BCUT2D eigenvalue weighted by atomic mass is 19.1. The van der Waals surface area contributed by atoms with Gasteiger partial charge < -0.3 is 14.7 Å². The number of hydrogen-bond donors (Lipinski definition) is 3. The largest absolute Gasteiger partial charge is 0.477 e. The second-order valence-corrected chi connectivity index (χ2v) is 7.35. The minimum atomic E-state index is -1.36. The van der Waals surface area contributed by atoms with Gasteiger partial charge in [0.15, 0.2) is 0 Å². The molecule has 5 rings (SSSR count). The molecule has 32 heavy (non-hydrogen) atoms. The van der Waals surface area contributed by atoms with Gasteiger partial charge in [0, 0.05) is 28.8 Å². The number of fused-ring (bicyclic) bond motifs is 2.